The van der Waals surface area contributed by atoms with Crippen molar-refractivity contribution < 1.29 is 19.1 Å². The highest BCUT2D eigenvalue weighted by Crippen LogP contribution is 2.17. The van der Waals surface area contributed by atoms with Crippen LogP contribution in [0.25, 0.3) is 0 Å². The van der Waals surface area contributed by atoms with E-state index in [1.807, 2.05) is 25.7 Å². The average Bonchev–Trinajstić information content (AvgIpc) is 2.98. The molecular formula is C17H30N4O4. The van der Waals surface area contributed by atoms with Crippen molar-refractivity contribution >= 4 is 18.0 Å². The number of amides is 4. The third-order valence-electron chi connectivity index (χ3n) is 4.33. The Morgan fingerprint density at radius 1 is 1.04 bits per heavy atom. The molecule has 0 aromatic carbocycles. The third-order valence-corrected chi connectivity index (χ3v) is 4.33. The number of carbonyl (C=O) groups is 3. The fourth-order valence-electron chi connectivity index (χ4n) is 3.08. The summed E-state index contributed by atoms with van der Waals surface area (Å²) in [6.07, 6.45) is 3.89. The summed E-state index contributed by atoms with van der Waals surface area (Å²) >= 11 is 0. The van der Waals surface area contributed by atoms with E-state index < -0.39 is 11.6 Å². The lowest BCUT2D eigenvalue weighted by Gasteiger charge is -2.35. The Kier molecular flexibility index (Phi) is 6.64. The van der Waals surface area contributed by atoms with Gasteiger partial charge in [-0.25, -0.2) is 9.59 Å². The van der Waals surface area contributed by atoms with E-state index in [9.17, 15) is 14.4 Å². The lowest BCUT2D eigenvalue weighted by atomic mass is 10.2. The molecule has 0 unspecified atom stereocenters. The molecule has 2 N–H and O–H groups in total. The number of nitrogens with one attached hydrogen (secondary N) is 2. The van der Waals surface area contributed by atoms with Gasteiger partial charge in [0.05, 0.1) is 6.54 Å². The van der Waals surface area contributed by atoms with Gasteiger partial charge >= 0.3 is 12.1 Å². The number of ether oxygens (including phenoxy) is 1. The Morgan fingerprint density at radius 2 is 1.64 bits per heavy atom. The van der Waals surface area contributed by atoms with E-state index in [0.717, 1.165) is 25.7 Å². The van der Waals surface area contributed by atoms with E-state index >= 15 is 0 Å². The van der Waals surface area contributed by atoms with E-state index in [-0.39, 0.29) is 24.6 Å². The first-order chi connectivity index (χ1) is 11.7. The summed E-state index contributed by atoms with van der Waals surface area (Å²) in [7, 11) is 0. The van der Waals surface area contributed by atoms with Crippen LogP contribution in [0.15, 0.2) is 0 Å². The normalized spacial score (nSPS) is 19.6. The van der Waals surface area contributed by atoms with Crippen LogP contribution in [-0.2, 0) is 9.53 Å². The van der Waals surface area contributed by atoms with Crippen LogP contribution in [0.1, 0.15) is 46.5 Å². The Bertz CT molecular complexity index is 489. The van der Waals surface area contributed by atoms with Crippen LogP contribution in [0, 0.1) is 0 Å². The Labute approximate surface area is 149 Å². The van der Waals surface area contributed by atoms with Gasteiger partial charge < -0.3 is 15.0 Å². The largest absolute Gasteiger partial charge is 0.444 e. The Balaban J connectivity index is 1.66. The summed E-state index contributed by atoms with van der Waals surface area (Å²) in [5, 5.41) is 5.22. The number of urea groups is 1. The smallest absolute Gasteiger partial charge is 0.410 e. The minimum atomic E-state index is -0.513. The zero-order valence-corrected chi connectivity index (χ0v) is 15.5. The molecule has 2 fully saturated rings. The van der Waals surface area contributed by atoms with Crippen LogP contribution in [0.2, 0.25) is 0 Å². The molecule has 0 radical (unpaired) electrons. The van der Waals surface area contributed by atoms with Crippen molar-refractivity contribution in [1.82, 2.24) is 20.4 Å². The van der Waals surface area contributed by atoms with Crippen LogP contribution in [0.4, 0.5) is 9.59 Å². The van der Waals surface area contributed by atoms with Gasteiger partial charge in [0.25, 0.3) is 0 Å². The number of hydrogen-bond donors (Lipinski definition) is 2. The second-order valence-corrected chi connectivity index (χ2v) is 7.75. The summed E-state index contributed by atoms with van der Waals surface area (Å²) in [6, 6.07) is -0.227. The molecule has 1 aliphatic carbocycles. The van der Waals surface area contributed by atoms with Crippen molar-refractivity contribution in [3.63, 3.8) is 0 Å². The van der Waals surface area contributed by atoms with Crippen LogP contribution in [-0.4, -0.2) is 72.2 Å². The molecule has 8 heteroatoms. The number of carbonyl (C=O) groups excluding carboxylic acids is 3. The second-order valence-electron chi connectivity index (χ2n) is 7.75. The van der Waals surface area contributed by atoms with Crippen molar-refractivity contribution in [3.8, 4) is 0 Å². The standard InChI is InChI=1S/C17H30N4O4/c1-17(2,3)25-16(24)21-10-8-20(9-11-21)12-14(22)19-15(23)18-13-6-4-5-7-13/h13H,4-12H2,1-3H3,(H2,18,19,22,23). The van der Waals surface area contributed by atoms with Crippen LogP contribution < -0.4 is 10.6 Å². The molecule has 0 aromatic rings. The molecule has 25 heavy (non-hydrogen) atoms. The van der Waals surface area contributed by atoms with Gasteiger partial charge in [-0.05, 0) is 33.6 Å². The van der Waals surface area contributed by atoms with Gasteiger partial charge in [0.2, 0.25) is 5.91 Å². The minimum Gasteiger partial charge on any atom is -0.444 e. The fourth-order valence-corrected chi connectivity index (χ4v) is 3.08. The van der Waals surface area contributed by atoms with E-state index in [2.05, 4.69) is 10.6 Å². The molecule has 1 saturated heterocycles. The average molecular weight is 354 g/mol. The zero-order chi connectivity index (χ0) is 18.4. The highest BCUT2D eigenvalue weighted by atomic mass is 16.6. The van der Waals surface area contributed by atoms with Gasteiger partial charge in [-0.2, -0.15) is 0 Å². The molecule has 142 valence electrons. The van der Waals surface area contributed by atoms with Gasteiger partial charge in [-0.1, -0.05) is 12.8 Å². The number of hydrogen-bond acceptors (Lipinski definition) is 5. The summed E-state index contributed by atoms with van der Waals surface area (Å²) in [6.45, 7) is 7.84. The van der Waals surface area contributed by atoms with E-state index in [0.29, 0.717) is 26.2 Å². The number of piperazine rings is 1. The molecular weight excluding hydrogens is 324 g/mol. The summed E-state index contributed by atoms with van der Waals surface area (Å²) in [5.41, 5.74) is -0.513. The third kappa shape index (κ3) is 6.89. The first kappa shape index (κ1) is 19.5. The summed E-state index contributed by atoms with van der Waals surface area (Å²) in [5.74, 6) is -0.318. The number of nitrogens with zero attached hydrogens (tertiary/aromatic N) is 2. The van der Waals surface area contributed by atoms with Crippen LogP contribution in [0.5, 0.6) is 0 Å². The molecule has 1 saturated carbocycles. The van der Waals surface area contributed by atoms with Crippen molar-refractivity contribution in [1.29, 1.82) is 0 Å². The van der Waals surface area contributed by atoms with Gasteiger partial charge in [-0.3, -0.25) is 15.0 Å². The van der Waals surface area contributed by atoms with E-state index in [1.165, 1.54) is 0 Å². The first-order valence-corrected chi connectivity index (χ1v) is 9.03. The topological polar surface area (TPSA) is 91.0 Å². The molecule has 1 aliphatic heterocycles. The molecule has 2 aliphatic rings. The maximum Gasteiger partial charge on any atom is 0.410 e. The second kappa shape index (κ2) is 8.51. The van der Waals surface area contributed by atoms with E-state index in [1.54, 1.807) is 4.90 Å². The lowest BCUT2D eigenvalue weighted by Crippen LogP contribution is -2.53. The SMILES string of the molecule is CC(C)(C)OC(=O)N1CCN(CC(=O)NC(=O)NC2CCCC2)CC1. The molecule has 0 bridgehead atoms. The van der Waals surface area contributed by atoms with Crippen molar-refractivity contribution in [2.75, 3.05) is 32.7 Å². The van der Waals surface area contributed by atoms with Gasteiger partial charge in [0.1, 0.15) is 5.60 Å². The molecule has 0 spiro atoms. The maximum atomic E-state index is 12.0. The molecule has 2 rings (SSSR count). The Morgan fingerprint density at radius 3 is 2.20 bits per heavy atom. The molecule has 1 heterocycles. The maximum absolute atomic E-state index is 12.0. The van der Waals surface area contributed by atoms with Gasteiger partial charge in [-0.15, -0.1) is 0 Å². The zero-order valence-electron chi connectivity index (χ0n) is 15.5. The quantitative estimate of drug-likeness (QED) is 0.797. The van der Waals surface area contributed by atoms with E-state index in [4.69, 9.17) is 4.74 Å². The molecule has 0 aromatic heterocycles. The predicted octanol–water partition coefficient (Wildman–Crippen LogP) is 1.31. The lowest BCUT2D eigenvalue weighted by molar-refractivity contribution is -0.121. The molecule has 0 atom stereocenters. The van der Waals surface area contributed by atoms with Gasteiger partial charge in [0.15, 0.2) is 0 Å². The summed E-state index contributed by atoms with van der Waals surface area (Å²) < 4.78 is 5.35. The number of rotatable bonds is 3. The Hall–Kier alpha value is -1.83. The van der Waals surface area contributed by atoms with Crippen molar-refractivity contribution in [3.05, 3.63) is 0 Å². The van der Waals surface area contributed by atoms with Crippen molar-refractivity contribution in [2.45, 2.75) is 58.1 Å². The number of imide groups is 1. The monoisotopic (exact) mass is 354 g/mol. The molecule has 8 nitrogen and oxygen atoms in total. The van der Waals surface area contributed by atoms with Crippen molar-refractivity contribution in [2.24, 2.45) is 0 Å². The van der Waals surface area contributed by atoms with Gasteiger partial charge in [0, 0.05) is 32.2 Å². The highest BCUT2D eigenvalue weighted by molar-refractivity contribution is 5.95. The summed E-state index contributed by atoms with van der Waals surface area (Å²) in [4.78, 5) is 39.4. The fraction of sp³-hybridized carbons (Fsp3) is 0.824. The first-order valence-electron chi connectivity index (χ1n) is 9.03. The van der Waals surface area contributed by atoms with Crippen LogP contribution in [0.3, 0.4) is 0 Å². The minimum absolute atomic E-state index is 0.153. The molecule has 4 amide bonds. The highest BCUT2D eigenvalue weighted by Gasteiger charge is 2.27. The predicted molar refractivity (Wildman–Crippen MR) is 93.2 cm³/mol. The van der Waals surface area contributed by atoms with Crippen LogP contribution >= 0.6 is 0 Å².